The summed E-state index contributed by atoms with van der Waals surface area (Å²) < 4.78 is 0. The van der Waals surface area contributed by atoms with Gasteiger partial charge in [0.25, 0.3) is 0 Å². The molecule has 0 fully saturated rings. The number of carbonyl (C=O) groups is 1. The molecule has 3 nitrogen and oxygen atoms in total. The molecule has 0 saturated heterocycles. The lowest BCUT2D eigenvalue weighted by Crippen LogP contribution is -2.26. The van der Waals surface area contributed by atoms with Crippen molar-refractivity contribution in [2.45, 2.75) is 6.04 Å². The van der Waals surface area contributed by atoms with E-state index in [1.54, 1.807) is 11.2 Å². The zero-order valence-corrected chi connectivity index (χ0v) is 7.34. The predicted octanol–water partition coefficient (Wildman–Crippen LogP) is 1.53. The molecule has 1 unspecified atom stereocenters. The van der Waals surface area contributed by atoms with Crippen molar-refractivity contribution in [3.8, 4) is 0 Å². The lowest BCUT2D eigenvalue weighted by molar-refractivity contribution is -0.111. The summed E-state index contributed by atoms with van der Waals surface area (Å²) in [6.07, 6.45) is 2.62. The number of likely N-dealkylation sites (N-methyl/N-ethyl adjacent to an activating group) is 1. The molecule has 1 heterocycles. The third-order valence-corrected chi connectivity index (χ3v) is 2.20. The number of aldehydes is 1. The summed E-state index contributed by atoms with van der Waals surface area (Å²) in [6.45, 7) is 0. The van der Waals surface area contributed by atoms with Crippen LogP contribution in [0.25, 0.3) is 0 Å². The summed E-state index contributed by atoms with van der Waals surface area (Å²) in [7, 11) is 1.85. The zero-order valence-electron chi connectivity index (χ0n) is 7.34. The van der Waals surface area contributed by atoms with E-state index in [1.165, 1.54) is 0 Å². The van der Waals surface area contributed by atoms with Crippen molar-refractivity contribution in [2.75, 3.05) is 7.05 Å². The van der Waals surface area contributed by atoms with E-state index in [4.69, 9.17) is 0 Å². The van der Waals surface area contributed by atoms with Crippen LogP contribution < -0.4 is 0 Å². The second-order valence-corrected chi connectivity index (χ2v) is 3.05. The molecule has 3 heteroatoms. The normalized spacial score (nSPS) is 19.8. The Labute approximate surface area is 76.7 Å². The molecule has 0 radical (unpaired) electrons. The highest BCUT2D eigenvalue weighted by molar-refractivity contribution is 5.77. The number of nitrogens with zero attached hydrogens (tertiary/aromatic N) is 2. The topological polar surface area (TPSA) is 32.7 Å². The summed E-state index contributed by atoms with van der Waals surface area (Å²) in [5, 5.41) is 0. The highest BCUT2D eigenvalue weighted by Gasteiger charge is 2.20. The second-order valence-electron chi connectivity index (χ2n) is 3.05. The van der Waals surface area contributed by atoms with E-state index < -0.39 is 0 Å². The molecule has 2 rings (SSSR count). The van der Waals surface area contributed by atoms with Gasteiger partial charge in [-0.05, 0) is 6.07 Å². The standard InChI is InChI=1S/C10H10N2O/c1-12-7-11-9-5-3-2-4-8(9)10(12)6-13/h2-7,10H,1H3. The Bertz CT molecular complexity index is 360. The van der Waals surface area contributed by atoms with E-state index in [1.807, 2.05) is 31.3 Å². The molecule has 1 atom stereocenters. The Morgan fingerprint density at radius 2 is 2.23 bits per heavy atom. The molecule has 0 saturated carbocycles. The molecule has 1 aromatic carbocycles. The number of rotatable bonds is 1. The first-order valence-corrected chi connectivity index (χ1v) is 4.13. The smallest absolute Gasteiger partial charge is 0.147 e. The van der Waals surface area contributed by atoms with Crippen LogP contribution >= 0.6 is 0 Å². The van der Waals surface area contributed by atoms with Crippen molar-refractivity contribution >= 4 is 18.3 Å². The average molecular weight is 174 g/mol. The maximum absolute atomic E-state index is 10.8. The van der Waals surface area contributed by atoms with Crippen LogP contribution in [-0.2, 0) is 4.79 Å². The Kier molecular flexibility index (Phi) is 1.85. The van der Waals surface area contributed by atoms with E-state index in [-0.39, 0.29) is 6.04 Å². The fourth-order valence-electron chi connectivity index (χ4n) is 1.47. The molecule has 0 N–H and O–H groups in total. The molecule has 0 aliphatic carbocycles. The van der Waals surface area contributed by atoms with Gasteiger partial charge in [0.1, 0.15) is 12.3 Å². The fourth-order valence-corrected chi connectivity index (χ4v) is 1.47. The molecule has 1 aliphatic rings. The number of aliphatic imine (C=N–C) groups is 1. The summed E-state index contributed by atoms with van der Waals surface area (Å²) >= 11 is 0. The Balaban J connectivity index is 2.53. The van der Waals surface area contributed by atoms with Crippen molar-refractivity contribution in [1.82, 2.24) is 4.90 Å². The zero-order chi connectivity index (χ0) is 9.26. The van der Waals surface area contributed by atoms with Gasteiger partial charge in [-0.2, -0.15) is 0 Å². The molecule has 1 aromatic rings. The van der Waals surface area contributed by atoms with E-state index in [2.05, 4.69) is 4.99 Å². The Morgan fingerprint density at radius 1 is 1.46 bits per heavy atom. The predicted molar refractivity (Wildman–Crippen MR) is 51.2 cm³/mol. The number of carbonyl (C=O) groups excluding carboxylic acids is 1. The minimum absolute atomic E-state index is 0.186. The summed E-state index contributed by atoms with van der Waals surface area (Å²) in [5.74, 6) is 0. The molecule has 0 spiro atoms. The molecule has 66 valence electrons. The van der Waals surface area contributed by atoms with Crippen LogP contribution in [0.15, 0.2) is 29.3 Å². The first-order valence-electron chi connectivity index (χ1n) is 4.13. The van der Waals surface area contributed by atoms with E-state index >= 15 is 0 Å². The van der Waals surface area contributed by atoms with Crippen LogP contribution in [0.2, 0.25) is 0 Å². The number of hydrogen-bond acceptors (Lipinski definition) is 3. The van der Waals surface area contributed by atoms with Gasteiger partial charge in [0, 0.05) is 12.6 Å². The maximum Gasteiger partial charge on any atom is 0.147 e. The minimum Gasteiger partial charge on any atom is -0.352 e. The van der Waals surface area contributed by atoms with Crippen molar-refractivity contribution in [1.29, 1.82) is 0 Å². The highest BCUT2D eigenvalue weighted by atomic mass is 16.1. The first-order chi connectivity index (χ1) is 6.33. The van der Waals surface area contributed by atoms with Gasteiger partial charge in [0.15, 0.2) is 0 Å². The van der Waals surface area contributed by atoms with E-state index in [0.717, 1.165) is 17.5 Å². The van der Waals surface area contributed by atoms with Crippen molar-refractivity contribution < 1.29 is 4.79 Å². The molecule has 0 aromatic heterocycles. The van der Waals surface area contributed by atoms with Gasteiger partial charge in [0.05, 0.1) is 12.0 Å². The van der Waals surface area contributed by atoms with Gasteiger partial charge in [-0.25, -0.2) is 4.99 Å². The van der Waals surface area contributed by atoms with Crippen LogP contribution in [0, 0.1) is 0 Å². The third-order valence-electron chi connectivity index (χ3n) is 2.20. The fraction of sp³-hybridized carbons (Fsp3) is 0.200. The quantitative estimate of drug-likeness (QED) is 0.605. The van der Waals surface area contributed by atoms with Gasteiger partial charge >= 0.3 is 0 Å². The maximum atomic E-state index is 10.8. The van der Waals surface area contributed by atoms with Gasteiger partial charge in [-0.15, -0.1) is 0 Å². The average Bonchev–Trinajstić information content (AvgIpc) is 2.18. The third kappa shape index (κ3) is 1.22. The summed E-state index contributed by atoms with van der Waals surface area (Å²) in [4.78, 5) is 16.8. The Morgan fingerprint density at radius 3 is 3.00 bits per heavy atom. The number of benzene rings is 1. The van der Waals surface area contributed by atoms with Crippen molar-refractivity contribution in [3.05, 3.63) is 29.8 Å². The van der Waals surface area contributed by atoms with Crippen molar-refractivity contribution in [2.24, 2.45) is 4.99 Å². The molecule has 1 aliphatic heterocycles. The number of hydrogen-bond donors (Lipinski definition) is 0. The van der Waals surface area contributed by atoms with E-state index in [0.29, 0.717) is 0 Å². The van der Waals surface area contributed by atoms with Gasteiger partial charge < -0.3 is 9.69 Å². The number of fused-ring (bicyclic) bond motifs is 1. The highest BCUT2D eigenvalue weighted by Crippen LogP contribution is 2.30. The van der Waals surface area contributed by atoms with Crippen LogP contribution in [-0.4, -0.2) is 24.6 Å². The molecule has 13 heavy (non-hydrogen) atoms. The monoisotopic (exact) mass is 174 g/mol. The lowest BCUT2D eigenvalue weighted by atomic mass is 10.0. The Hall–Kier alpha value is -1.64. The second kappa shape index (κ2) is 3.01. The van der Waals surface area contributed by atoms with Crippen LogP contribution in [0.5, 0.6) is 0 Å². The summed E-state index contributed by atoms with van der Waals surface area (Å²) in [6, 6.07) is 7.50. The molecule has 0 amide bonds. The van der Waals surface area contributed by atoms with Crippen LogP contribution in [0.3, 0.4) is 0 Å². The van der Waals surface area contributed by atoms with Gasteiger partial charge in [0.2, 0.25) is 0 Å². The largest absolute Gasteiger partial charge is 0.352 e. The molecular formula is C10H10N2O. The van der Waals surface area contributed by atoms with Crippen LogP contribution in [0.4, 0.5) is 5.69 Å². The van der Waals surface area contributed by atoms with Crippen molar-refractivity contribution in [3.63, 3.8) is 0 Å². The lowest BCUT2D eigenvalue weighted by Gasteiger charge is -2.26. The van der Waals surface area contributed by atoms with Gasteiger partial charge in [-0.1, -0.05) is 18.2 Å². The number of para-hydroxylation sites is 1. The molecular weight excluding hydrogens is 164 g/mol. The minimum atomic E-state index is -0.186. The summed E-state index contributed by atoms with van der Waals surface area (Å²) in [5.41, 5.74) is 1.86. The first kappa shape index (κ1) is 7.98. The van der Waals surface area contributed by atoms with E-state index in [9.17, 15) is 4.79 Å². The SMILES string of the molecule is CN1C=Nc2ccccc2C1C=O. The van der Waals surface area contributed by atoms with Gasteiger partial charge in [-0.3, -0.25) is 0 Å². The molecule has 0 bridgehead atoms. The van der Waals surface area contributed by atoms with Crippen LogP contribution in [0.1, 0.15) is 11.6 Å².